The molecule has 2 bridgehead atoms. The Labute approximate surface area is 108 Å². The van der Waals surface area contributed by atoms with Crippen molar-refractivity contribution in [3.05, 3.63) is 35.5 Å². The summed E-state index contributed by atoms with van der Waals surface area (Å²) < 4.78 is 5.39. The van der Waals surface area contributed by atoms with Gasteiger partial charge in [0.2, 0.25) is 0 Å². The minimum absolute atomic E-state index is 0.200. The minimum atomic E-state index is -0.554. The summed E-state index contributed by atoms with van der Waals surface area (Å²) in [5, 5.41) is 9.97. The van der Waals surface area contributed by atoms with E-state index in [4.69, 9.17) is 4.74 Å². The number of aliphatic hydroxyl groups excluding tert-OH is 1. The zero-order valence-electron chi connectivity index (χ0n) is 11.1. The predicted octanol–water partition coefficient (Wildman–Crippen LogP) is 2.52. The monoisotopic (exact) mass is 248 g/mol. The van der Waals surface area contributed by atoms with Crippen molar-refractivity contribution in [3.8, 4) is 0 Å². The molecule has 0 aromatic heterocycles. The molecule has 0 spiro atoms. The van der Waals surface area contributed by atoms with E-state index in [0.29, 0.717) is 6.42 Å². The molecule has 1 N–H and O–H groups in total. The van der Waals surface area contributed by atoms with Crippen LogP contribution in [0.3, 0.4) is 0 Å². The highest BCUT2D eigenvalue weighted by atomic mass is 16.5. The highest BCUT2D eigenvalue weighted by molar-refractivity contribution is 5.91. The molecule has 0 aromatic carbocycles. The molecule has 0 aromatic rings. The molecule has 1 aliphatic heterocycles. The van der Waals surface area contributed by atoms with Crippen LogP contribution in [-0.2, 0) is 9.53 Å². The van der Waals surface area contributed by atoms with E-state index in [0.717, 1.165) is 17.6 Å². The Hall–Kier alpha value is -1.35. The Morgan fingerprint density at radius 1 is 1.44 bits per heavy atom. The third kappa shape index (κ3) is 2.56. The van der Waals surface area contributed by atoms with Gasteiger partial charge in [0.1, 0.15) is 6.10 Å². The van der Waals surface area contributed by atoms with Crippen molar-refractivity contribution in [1.29, 1.82) is 0 Å². The lowest BCUT2D eigenvalue weighted by molar-refractivity contribution is -0.142. The van der Waals surface area contributed by atoms with E-state index in [9.17, 15) is 9.90 Å². The normalized spacial score (nSPS) is 35.9. The van der Waals surface area contributed by atoms with Gasteiger partial charge in [-0.1, -0.05) is 32.1 Å². The van der Waals surface area contributed by atoms with Crippen LogP contribution >= 0.6 is 0 Å². The number of allylic oxidation sites excluding steroid dienone is 1. The van der Waals surface area contributed by atoms with E-state index in [1.165, 1.54) is 0 Å². The maximum Gasteiger partial charge on any atom is 0.334 e. The van der Waals surface area contributed by atoms with Crippen LogP contribution in [0.5, 0.6) is 0 Å². The number of aliphatic hydroxyl groups is 1. The molecule has 18 heavy (non-hydrogen) atoms. The molecular formula is C15H20O3. The summed E-state index contributed by atoms with van der Waals surface area (Å²) >= 11 is 0. The molecule has 0 amide bonds. The van der Waals surface area contributed by atoms with Gasteiger partial charge >= 0.3 is 5.97 Å². The lowest BCUT2D eigenvalue weighted by atomic mass is 9.85. The summed E-state index contributed by atoms with van der Waals surface area (Å²) in [7, 11) is 0. The molecule has 0 saturated heterocycles. The van der Waals surface area contributed by atoms with Gasteiger partial charge in [0.25, 0.3) is 0 Å². The Morgan fingerprint density at radius 2 is 2.17 bits per heavy atom. The van der Waals surface area contributed by atoms with Crippen molar-refractivity contribution in [2.24, 2.45) is 5.41 Å². The van der Waals surface area contributed by atoms with Gasteiger partial charge in [-0.05, 0) is 31.4 Å². The van der Waals surface area contributed by atoms with Crippen LogP contribution in [0.2, 0.25) is 0 Å². The number of hydrogen-bond donors (Lipinski definition) is 1. The van der Waals surface area contributed by atoms with Crippen molar-refractivity contribution in [2.45, 2.75) is 45.8 Å². The second-order valence-electron chi connectivity index (χ2n) is 5.63. The van der Waals surface area contributed by atoms with Gasteiger partial charge in [-0.3, -0.25) is 0 Å². The number of rotatable bonds is 0. The average Bonchev–Trinajstić information content (AvgIpc) is 2.67. The molecule has 2 atom stereocenters. The fraction of sp³-hybridized carbons (Fsp3) is 0.533. The summed E-state index contributed by atoms with van der Waals surface area (Å²) in [6, 6.07) is 0. The fourth-order valence-electron chi connectivity index (χ4n) is 2.19. The number of ether oxygens (including phenoxy) is 1. The van der Waals surface area contributed by atoms with Crippen LogP contribution in [0.15, 0.2) is 35.5 Å². The van der Waals surface area contributed by atoms with Gasteiger partial charge in [-0.2, -0.15) is 0 Å². The number of carbonyl (C=O) groups excluding carboxylic acids is 1. The van der Waals surface area contributed by atoms with Gasteiger partial charge in [0.05, 0.1) is 6.10 Å². The van der Waals surface area contributed by atoms with Crippen molar-refractivity contribution in [1.82, 2.24) is 0 Å². The van der Waals surface area contributed by atoms with Crippen molar-refractivity contribution < 1.29 is 14.6 Å². The highest BCUT2D eigenvalue weighted by Crippen LogP contribution is 2.33. The molecule has 0 unspecified atom stereocenters. The molecule has 2 aliphatic rings. The van der Waals surface area contributed by atoms with Gasteiger partial charge in [-0.25, -0.2) is 4.79 Å². The van der Waals surface area contributed by atoms with Crippen molar-refractivity contribution in [3.63, 3.8) is 0 Å². The number of hydrogen-bond acceptors (Lipinski definition) is 3. The van der Waals surface area contributed by atoms with E-state index < -0.39 is 6.10 Å². The molecule has 98 valence electrons. The molecule has 3 nitrogen and oxygen atoms in total. The smallest absolute Gasteiger partial charge is 0.334 e. The fourth-order valence-corrected chi connectivity index (χ4v) is 2.19. The van der Waals surface area contributed by atoms with Crippen LogP contribution < -0.4 is 0 Å². The van der Waals surface area contributed by atoms with E-state index in [1.54, 1.807) is 6.08 Å². The first-order valence-corrected chi connectivity index (χ1v) is 6.36. The quantitative estimate of drug-likeness (QED) is 0.529. The first-order valence-electron chi connectivity index (χ1n) is 6.36. The standard InChI is InChI=1S/C15H20O3/c1-10-5-4-6-11-9-13(18-14(11)17)15(2,3)8-7-12(10)16/h5,7-9,12-13,16H,4,6H2,1-3H3/b8-7+,10-5+/t12-,13-/m1/s1. The molecule has 0 fully saturated rings. The Morgan fingerprint density at radius 3 is 2.89 bits per heavy atom. The molecule has 0 saturated carbocycles. The second kappa shape index (κ2) is 4.73. The Balaban J connectivity index is 2.34. The maximum atomic E-state index is 11.7. The summed E-state index contributed by atoms with van der Waals surface area (Å²) in [6.45, 7) is 5.92. The third-order valence-electron chi connectivity index (χ3n) is 3.64. The van der Waals surface area contributed by atoms with Crippen LogP contribution in [0, 0.1) is 5.41 Å². The lowest BCUT2D eigenvalue weighted by Crippen LogP contribution is -2.27. The summed E-state index contributed by atoms with van der Waals surface area (Å²) in [4.78, 5) is 11.7. The SMILES string of the molecule is C/C1=C\CCC2=C[C@@H](OC2=O)C(C)(C)/C=C/[C@H]1O. The Kier molecular flexibility index (Phi) is 3.44. The summed E-state index contributed by atoms with van der Waals surface area (Å²) in [5.74, 6) is -0.200. The third-order valence-corrected chi connectivity index (χ3v) is 3.64. The molecule has 3 heteroatoms. The average molecular weight is 248 g/mol. The van der Waals surface area contributed by atoms with Gasteiger partial charge in [0, 0.05) is 11.0 Å². The topological polar surface area (TPSA) is 46.5 Å². The van der Waals surface area contributed by atoms with Crippen molar-refractivity contribution in [2.75, 3.05) is 0 Å². The molecule has 1 heterocycles. The van der Waals surface area contributed by atoms with Crippen LogP contribution in [0.25, 0.3) is 0 Å². The van der Waals surface area contributed by atoms with Gasteiger partial charge in [-0.15, -0.1) is 0 Å². The zero-order chi connectivity index (χ0) is 13.3. The van der Waals surface area contributed by atoms with E-state index >= 15 is 0 Å². The molecular weight excluding hydrogens is 228 g/mol. The largest absolute Gasteiger partial charge is 0.454 e. The lowest BCUT2D eigenvalue weighted by Gasteiger charge is -2.26. The van der Waals surface area contributed by atoms with E-state index in [-0.39, 0.29) is 17.5 Å². The zero-order valence-corrected chi connectivity index (χ0v) is 11.1. The minimum Gasteiger partial charge on any atom is -0.454 e. The predicted molar refractivity (Wildman–Crippen MR) is 69.9 cm³/mol. The maximum absolute atomic E-state index is 11.7. The van der Waals surface area contributed by atoms with Crippen molar-refractivity contribution >= 4 is 5.97 Å². The molecule has 0 radical (unpaired) electrons. The Bertz CT molecular complexity index is 441. The molecule has 2 rings (SSSR count). The molecule has 1 aliphatic carbocycles. The number of carbonyl (C=O) groups is 1. The van der Waals surface area contributed by atoms with Gasteiger partial charge < -0.3 is 9.84 Å². The van der Waals surface area contributed by atoms with Crippen LogP contribution in [-0.4, -0.2) is 23.3 Å². The number of esters is 1. The second-order valence-corrected chi connectivity index (χ2v) is 5.63. The first kappa shape index (κ1) is 13.1. The number of fused-ring (bicyclic) bond motifs is 1. The highest BCUT2D eigenvalue weighted by Gasteiger charge is 2.35. The van der Waals surface area contributed by atoms with E-state index in [2.05, 4.69) is 0 Å². The van der Waals surface area contributed by atoms with Gasteiger partial charge in [0.15, 0.2) is 0 Å². The van der Waals surface area contributed by atoms with Crippen LogP contribution in [0.4, 0.5) is 0 Å². The van der Waals surface area contributed by atoms with E-state index in [1.807, 2.05) is 39.0 Å². The first-order chi connectivity index (χ1) is 8.40. The summed E-state index contributed by atoms with van der Waals surface area (Å²) in [6.07, 6.45) is 8.25. The summed E-state index contributed by atoms with van der Waals surface area (Å²) in [5.41, 5.74) is 1.37. The van der Waals surface area contributed by atoms with Crippen LogP contribution in [0.1, 0.15) is 33.6 Å².